The third-order valence-electron chi connectivity index (χ3n) is 7.50. The van der Waals surface area contributed by atoms with Crippen LogP contribution < -0.4 is 4.74 Å². The van der Waals surface area contributed by atoms with Crippen molar-refractivity contribution in [3.8, 4) is 5.75 Å². The van der Waals surface area contributed by atoms with Crippen molar-refractivity contribution in [2.45, 2.75) is 72.1 Å². The van der Waals surface area contributed by atoms with Crippen LogP contribution in [-0.4, -0.2) is 25.0 Å². The maximum atomic E-state index is 11.0. The Morgan fingerprint density at radius 3 is 1.65 bits per heavy atom. The smallest absolute Gasteiger partial charge is 0.302 e. The van der Waals surface area contributed by atoms with Crippen LogP contribution in [0.4, 0.5) is 34.1 Å². The Balaban J connectivity index is 1.20. The summed E-state index contributed by atoms with van der Waals surface area (Å²) in [6.45, 7) is 6.14. The number of unbranched alkanes of at least 4 members (excludes halogenated alkanes) is 4. The van der Waals surface area contributed by atoms with E-state index in [9.17, 15) is 9.59 Å². The number of ketones is 1. The van der Waals surface area contributed by atoms with E-state index in [2.05, 4.69) is 42.8 Å². The maximum Gasteiger partial charge on any atom is 0.302 e. The second kappa shape index (κ2) is 20.1. The highest BCUT2D eigenvalue weighted by molar-refractivity contribution is 5.75. The lowest BCUT2D eigenvalue weighted by Crippen LogP contribution is -2.00. The number of carbonyl (C=O) groups is 2. The summed E-state index contributed by atoms with van der Waals surface area (Å²) in [5, 5.41) is 26.2. The predicted molar refractivity (Wildman–Crippen MR) is 192 cm³/mol. The Labute approximate surface area is 288 Å². The summed E-state index contributed by atoms with van der Waals surface area (Å²) in [5.41, 5.74) is 6.60. The Hall–Kier alpha value is -5.38. The van der Waals surface area contributed by atoms with Gasteiger partial charge < -0.3 is 14.3 Å². The van der Waals surface area contributed by atoms with Crippen LogP contribution in [0.5, 0.6) is 5.75 Å². The standard InChI is InChI=1S/C39H44N6O4/c1-29-28-37(44-42-33-14-12-32(13-15-33)11-7-5-8-26-48-31(3)47)22-25-39(29)45-43-35-18-16-34(17-19-35)40-41-36-20-23-38(24-21-36)49-27-9-4-6-10-30(2)46/h12-25,28H,4-11,26-27H2,1-3H3. The van der Waals surface area contributed by atoms with Crippen molar-refractivity contribution in [2.75, 3.05) is 13.2 Å². The molecule has 0 spiro atoms. The van der Waals surface area contributed by atoms with E-state index in [-0.39, 0.29) is 11.8 Å². The van der Waals surface area contributed by atoms with E-state index in [0.29, 0.717) is 31.0 Å². The highest BCUT2D eigenvalue weighted by atomic mass is 16.5. The zero-order chi connectivity index (χ0) is 34.7. The van der Waals surface area contributed by atoms with Crippen LogP contribution in [0.2, 0.25) is 0 Å². The van der Waals surface area contributed by atoms with Gasteiger partial charge in [-0.25, -0.2) is 0 Å². The van der Waals surface area contributed by atoms with Gasteiger partial charge in [0.15, 0.2) is 0 Å². The average molecular weight is 661 g/mol. The van der Waals surface area contributed by atoms with E-state index in [4.69, 9.17) is 9.47 Å². The van der Waals surface area contributed by atoms with Crippen LogP contribution >= 0.6 is 0 Å². The van der Waals surface area contributed by atoms with Gasteiger partial charge in [0.2, 0.25) is 0 Å². The van der Waals surface area contributed by atoms with Gasteiger partial charge in [0, 0.05) is 13.3 Å². The summed E-state index contributed by atoms with van der Waals surface area (Å²) in [6, 6.07) is 28.7. The van der Waals surface area contributed by atoms with Crippen molar-refractivity contribution in [2.24, 2.45) is 30.7 Å². The van der Waals surface area contributed by atoms with Crippen molar-refractivity contribution in [3.05, 3.63) is 102 Å². The third-order valence-corrected chi connectivity index (χ3v) is 7.50. The molecule has 0 aromatic heterocycles. The minimum absolute atomic E-state index is 0.224. The summed E-state index contributed by atoms with van der Waals surface area (Å²) in [4.78, 5) is 21.8. The molecule has 0 radical (unpaired) electrons. The van der Waals surface area contributed by atoms with E-state index < -0.39 is 0 Å². The van der Waals surface area contributed by atoms with Crippen LogP contribution in [0.15, 0.2) is 122 Å². The van der Waals surface area contributed by atoms with E-state index in [1.165, 1.54) is 12.5 Å². The molecule has 0 unspecified atom stereocenters. The lowest BCUT2D eigenvalue weighted by atomic mass is 10.1. The van der Waals surface area contributed by atoms with E-state index in [1.54, 1.807) is 6.92 Å². The predicted octanol–water partition coefficient (Wildman–Crippen LogP) is 12.0. The largest absolute Gasteiger partial charge is 0.494 e. The van der Waals surface area contributed by atoms with Crippen molar-refractivity contribution < 1.29 is 19.1 Å². The Morgan fingerprint density at radius 1 is 0.551 bits per heavy atom. The molecule has 0 aliphatic carbocycles. The van der Waals surface area contributed by atoms with Gasteiger partial charge in [0.25, 0.3) is 0 Å². The van der Waals surface area contributed by atoms with E-state index in [0.717, 1.165) is 79.0 Å². The topological polar surface area (TPSA) is 127 Å². The van der Waals surface area contributed by atoms with Crippen molar-refractivity contribution in [3.63, 3.8) is 0 Å². The monoisotopic (exact) mass is 660 g/mol. The summed E-state index contributed by atoms with van der Waals surface area (Å²) in [6.07, 6.45) is 7.37. The number of rotatable bonds is 19. The Kier molecular flexibility index (Phi) is 14.9. The summed E-state index contributed by atoms with van der Waals surface area (Å²) in [5.74, 6) is 0.797. The van der Waals surface area contributed by atoms with Crippen molar-refractivity contribution >= 4 is 45.9 Å². The average Bonchev–Trinajstić information content (AvgIpc) is 3.10. The van der Waals surface area contributed by atoms with Crippen molar-refractivity contribution in [1.29, 1.82) is 0 Å². The Bertz CT molecular complexity index is 1720. The number of ether oxygens (including phenoxy) is 2. The molecule has 0 fully saturated rings. The second-order valence-corrected chi connectivity index (χ2v) is 11.8. The zero-order valence-electron chi connectivity index (χ0n) is 28.5. The van der Waals surface area contributed by atoms with Gasteiger partial charge in [-0.2, -0.15) is 30.7 Å². The molecule has 254 valence electrons. The number of hydrogen-bond acceptors (Lipinski definition) is 10. The fourth-order valence-electron chi connectivity index (χ4n) is 4.75. The van der Waals surface area contributed by atoms with Crippen LogP contribution in [-0.2, 0) is 20.7 Å². The van der Waals surface area contributed by atoms with Gasteiger partial charge in [-0.1, -0.05) is 12.1 Å². The molecule has 0 atom stereocenters. The third kappa shape index (κ3) is 14.1. The minimum atomic E-state index is -0.224. The highest BCUT2D eigenvalue weighted by Gasteiger charge is 2.02. The molecule has 0 aliphatic rings. The molecular weight excluding hydrogens is 616 g/mol. The molecule has 0 bridgehead atoms. The van der Waals surface area contributed by atoms with Gasteiger partial charge in [-0.05, 0) is 149 Å². The normalized spacial score (nSPS) is 11.5. The molecule has 0 amide bonds. The number of aryl methyl sites for hydroxylation is 2. The van der Waals surface area contributed by atoms with Crippen LogP contribution in [0.1, 0.15) is 69.9 Å². The fraction of sp³-hybridized carbons (Fsp3) is 0.333. The highest BCUT2D eigenvalue weighted by Crippen LogP contribution is 2.29. The first-order chi connectivity index (χ1) is 23.8. The van der Waals surface area contributed by atoms with Crippen LogP contribution in [0, 0.1) is 6.92 Å². The molecule has 0 saturated carbocycles. The maximum absolute atomic E-state index is 11.0. The number of hydrogen-bond donors (Lipinski definition) is 0. The van der Waals surface area contributed by atoms with Crippen molar-refractivity contribution in [1.82, 2.24) is 0 Å². The molecule has 10 heteroatoms. The fourth-order valence-corrected chi connectivity index (χ4v) is 4.75. The number of nitrogens with zero attached hydrogens (tertiary/aromatic N) is 6. The summed E-state index contributed by atoms with van der Waals surface area (Å²) in [7, 11) is 0. The van der Waals surface area contributed by atoms with Gasteiger partial charge in [0.05, 0.1) is 47.3 Å². The summed E-state index contributed by atoms with van der Waals surface area (Å²) >= 11 is 0. The van der Waals surface area contributed by atoms with Crippen LogP contribution in [0.3, 0.4) is 0 Å². The molecule has 10 nitrogen and oxygen atoms in total. The minimum Gasteiger partial charge on any atom is -0.494 e. The number of carbonyl (C=O) groups excluding carboxylic acids is 2. The van der Waals surface area contributed by atoms with Gasteiger partial charge >= 0.3 is 5.97 Å². The molecule has 0 heterocycles. The number of azo groups is 3. The second-order valence-electron chi connectivity index (χ2n) is 11.8. The zero-order valence-corrected chi connectivity index (χ0v) is 28.5. The van der Waals surface area contributed by atoms with E-state index in [1.807, 2.05) is 85.8 Å². The molecule has 4 aromatic rings. The quantitative estimate of drug-likeness (QED) is 0.0563. The lowest BCUT2D eigenvalue weighted by Gasteiger charge is -2.05. The molecule has 0 N–H and O–H groups in total. The summed E-state index contributed by atoms with van der Waals surface area (Å²) < 4.78 is 10.7. The first kappa shape index (κ1) is 36.5. The van der Waals surface area contributed by atoms with Gasteiger partial charge in [-0.3, -0.25) is 4.79 Å². The number of Topliss-reactive ketones (excluding diaryl/α,β-unsaturated/α-hetero) is 1. The Morgan fingerprint density at radius 2 is 1.06 bits per heavy atom. The van der Waals surface area contributed by atoms with E-state index >= 15 is 0 Å². The number of benzene rings is 4. The molecule has 0 saturated heterocycles. The molecule has 4 aromatic carbocycles. The van der Waals surface area contributed by atoms with Gasteiger partial charge in [0.1, 0.15) is 11.5 Å². The molecular formula is C39H44N6O4. The molecule has 0 aliphatic heterocycles. The molecule has 49 heavy (non-hydrogen) atoms. The first-order valence-corrected chi connectivity index (χ1v) is 16.7. The molecule has 4 rings (SSSR count). The SMILES string of the molecule is CC(=O)CCCCCOc1ccc(N=Nc2ccc(N=Nc3ccc(N=Nc4ccc(CCCCCOC(C)=O)cc4)cc3C)cc2)cc1. The van der Waals surface area contributed by atoms with Crippen LogP contribution in [0.25, 0.3) is 0 Å². The van der Waals surface area contributed by atoms with Gasteiger partial charge in [-0.15, -0.1) is 0 Å². The number of esters is 1. The first-order valence-electron chi connectivity index (χ1n) is 16.7. The lowest BCUT2D eigenvalue weighted by molar-refractivity contribution is -0.141.